The minimum Gasteiger partial charge on any atom is -0.393 e. The van der Waals surface area contributed by atoms with Gasteiger partial charge in [0.25, 0.3) is 0 Å². The molecule has 5 saturated carbocycles. The lowest BCUT2D eigenvalue weighted by Crippen LogP contribution is -2.67. The molecule has 0 bridgehead atoms. The lowest BCUT2D eigenvalue weighted by Gasteiger charge is -2.72. The quantitative estimate of drug-likeness (QED) is 0.542. The van der Waals surface area contributed by atoms with Crippen LogP contribution in [-0.4, -0.2) is 16.7 Å². The second kappa shape index (κ2) is 5.78. The largest absolute Gasteiger partial charge is 0.393 e. The number of hydrogen-bond acceptors (Lipinski definition) is 2. The standard InChI is InChI=1S/C26H45NO/c1-22(2)19-10-14-25(5)20(23(19,3)13-11-21(22)28)9-8-17-18-7-6-12-26(18,27)16-15-24(17,25)4/h17-21,28H,6-16,27H2,1-5H3/t17?,18?,19?,20?,21?,23?,24-,25?,26?/m1/s1. The second-order valence-electron chi connectivity index (χ2n) is 13.3. The average Bonchev–Trinajstić information content (AvgIpc) is 3.01. The molecule has 3 N–H and O–H groups in total. The molecule has 0 spiro atoms. The molecule has 5 fully saturated rings. The zero-order valence-electron chi connectivity index (χ0n) is 19.2. The van der Waals surface area contributed by atoms with Crippen LogP contribution in [0.15, 0.2) is 0 Å². The van der Waals surface area contributed by atoms with E-state index in [2.05, 4.69) is 34.6 Å². The van der Waals surface area contributed by atoms with E-state index in [1.54, 1.807) is 0 Å². The average molecular weight is 388 g/mol. The molecule has 2 heteroatoms. The topological polar surface area (TPSA) is 46.2 Å². The number of fused-ring (bicyclic) bond motifs is 7. The third-order valence-corrected chi connectivity index (χ3v) is 12.4. The zero-order valence-corrected chi connectivity index (χ0v) is 19.2. The van der Waals surface area contributed by atoms with E-state index in [4.69, 9.17) is 5.73 Å². The van der Waals surface area contributed by atoms with Crippen LogP contribution in [-0.2, 0) is 0 Å². The van der Waals surface area contributed by atoms with Crippen LogP contribution >= 0.6 is 0 Å². The summed E-state index contributed by atoms with van der Waals surface area (Å²) in [7, 11) is 0. The van der Waals surface area contributed by atoms with Gasteiger partial charge >= 0.3 is 0 Å². The van der Waals surface area contributed by atoms with Crippen molar-refractivity contribution in [2.75, 3.05) is 0 Å². The maximum absolute atomic E-state index is 10.8. The Bertz CT molecular complexity index is 659. The summed E-state index contributed by atoms with van der Waals surface area (Å²) < 4.78 is 0. The van der Waals surface area contributed by atoms with E-state index in [0.717, 1.165) is 24.2 Å². The SMILES string of the molecule is CC1(C)C(O)CCC2(C)C1CCC1(C)C2CCC2C3CCCC3(N)CC[C@]21C. The third-order valence-electron chi connectivity index (χ3n) is 12.4. The van der Waals surface area contributed by atoms with Gasteiger partial charge in [-0.25, -0.2) is 0 Å². The lowest BCUT2D eigenvalue weighted by molar-refractivity contribution is -0.240. The highest BCUT2D eigenvalue weighted by molar-refractivity contribution is 5.19. The normalized spacial score (nSPS) is 60.3. The Balaban J connectivity index is 1.53. The molecule has 5 aliphatic rings. The molecule has 0 aromatic carbocycles. The van der Waals surface area contributed by atoms with Crippen LogP contribution in [0.4, 0.5) is 0 Å². The minimum absolute atomic E-state index is 0.0660. The summed E-state index contributed by atoms with van der Waals surface area (Å²) >= 11 is 0. The molecule has 5 rings (SSSR count). The van der Waals surface area contributed by atoms with Crippen molar-refractivity contribution in [2.45, 2.75) is 117 Å². The van der Waals surface area contributed by atoms with Gasteiger partial charge in [0.05, 0.1) is 6.10 Å². The number of aliphatic hydroxyl groups is 1. The molecule has 9 atom stereocenters. The maximum atomic E-state index is 10.8. The summed E-state index contributed by atoms with van der Waals surface area (Å²) in [6.07, 6.45) is 14.2. The fourth-order valence-corrected chi connectivity index (χ4v) is 10.6. The molecule has 2 nitrogen and oxygen atoms in total. The van der Waals surface area contributed by atoms with Gasteiger partial charge in [0.1, 0.15) is 0 Å². The summed E-state index contributed by atoms with van der Waals surface area (Å²) in [5, 5.41) is 10.8. The highest BCUT2D eigenvalue weighted by Gasteiger charge is 2.69. The fraction of sp³-hybridized carbons (Fsp3) is 1.00. The van der Waals surface area contributed by atoms with Crippen LogP contribution in [0, 0.1) is 45.3 Å². The van der Waals surface area contributed by atoms with Crippen LogP contribution < -0.4 is 5.73 Å². The van der Waals surface area contributed by atoms with Gasteiger partial charge < -0.3 is 10.8 Å². The van der Waals surface area contributed by atoms with Gasteiger partial charge in [-0.3, -0.25) is 0 Å². The molecule has 28 heavy (non-hydrogen) atoms. The first-order chi connectivity index (χ1) is 13.0. The Hall–Kier alpha value is -0.0800. The van der Waals surface area contributed by atoms with Gasteiger partial charge in [-0.05, 0) is 110 Å². The predicted octanol–water partition coefficient (Wildman–Crippen LogP) is 5.91. The summed E-state index contributed by atoms with van der Waals surface area (Å²) in [6.45, 7) is 12.7. The van der Waals surface area contributed by atoms with Crippen LogP contribution in [0.2, 0.25) is 0 Å². The molecule has 0 aliphatic heterocycles. The Morgan fingerprint density at radius 3 is 2.18 bits per heavy atom. The van der Waals surface area contributed by atoms with Crippen molar-refractivity contribution in [3.63, 3.8) is 0 Å². The van der Waals surface area contributed by atoms with Gasteiger partial charge in [-0.2, -0.15) is 0 Å². The molecule has 8 unspecified atom stereocenters. The van der Waals surface area contributed by atoms with Crippen molar-refractivity contribution >= 4 is 0 Å². The zero-order chi connectivity index (χ0) is 20.2. The minimum atomic E-state index is -0.118. The van der Waals surface area contributed by atoms with E-state index in [0.29, 0.717) is 22.2 Å². The van der Waals surface area contributed by atoms with E-state index in [1.165, 1.54) is 64.2 Å². The van der Waals surface area contributed by atoms with E-state index >= 15 is 0 Å². The predicted molar refractivity (Wildman–Crippen MR) is 116 cm³/mol. The summed E-state index contributed by atoms with van der Waals surface area (Å²) in [5.41, 5.74) is 8.53. The molecular weight excluding hydrogens is 342 g/mol. The Kier molecular flexibility index (Phi) is 4.10. The van der Waals surface area contributed by atoms with Crippen LogP contribution in [0.5, 0.6) is 0 Å². The first-order valence-electron chi connectivity index (χ1n) is 12.5. The lowest BCUT2D eigenvalue weighted by atomic mass is 9.33. The third kappa shape index (κ3) is 2.18. The molecule has 0 radical (unpaired) electrons. The molecule has 0 aromatic heterocycles. The van der Waals surface area contributed by atoms with Crippen molar-refractivity contribution < 1.29 is 5.11 Å². The van der Waals surface area contributed by atoms with Gasteiger partial charge in [0, 0.05) is 5.54 Å². The highest BCUT2D eigenvalue weighted by atomic mass is 16.3. The van der Waals surface area contributed by atoms with Crippen LogP contribution in [0.25, 0.3) is 0 Å². The number of aliphatic hydroxyl groups excluding tert-OH is 1. The van der Waals surface area contributed by atoms with Gasteiger partial charge in [0.2, 0.25) is 0 Å². The first kappa shape index (κ1) is 19.9. The van der Waals surface area contributed by atoms with Crippen molar-refractivity contribution in [1.82, 2.24) is 0 Å². The molecule has 160 valence electrons. The van der Waals surface area contributed by atoms with Crippen molar-refractivity contribution in [3.8, 4) is 0 Å². The number of rotatable bonds is 0. The molecule has 0 aromatic rings. The second-order valence-corrected chi connectivity index (χ2v) is 13.3. The van der Waals surface area contributed by atoms with Gasteiger partial charge in [-0.15, -0.1) is 0 Å². The van der Waals surface area contributed by atoms with E-state index in [9.17, 15) is 5.11 Å². The monoisotopic (exact) mass is 387 g/mol. The molecule has 0 saturated heterocycles. The highest BCUT2D eigenvalue weighted by Crippen LogP contribution is 2.75. The molecule has 0 amide bonds. The number of hydrogen-bond donors (Lipinski definition) is 2. The Morgan fingerprint density at radius 1 is 0.679 bits per heavy atom. The van der Waals surface area contributed by atoms with Crippen LogP contribution in [0.3, 0.4) is 0 Å². The van der Waals surface area contributed by atoms with Crippen molar-refractivity contribution in [2.24, 2.45) is 51.1 Å². The van der Waals surface area contributed by atoms with Crippen molar-refractivity contribution in [1.29, 1.82) is 0 Å². The molecule has 0 heterocycles. The maximum Gasteiger partial charge on any atom is 0.0594 e. The summed E-state index contributed by atoms with van der Waals surface area (Å²) in [5.74, 6) is 3.11. The summed E-state index contributed by atoms with van der Waals surface area (Å²) in [4.78, 5) is 0. The molecule has 5 aliphatic carbocycles. The Labute approximate surface area is 173 Å². The van der Waals surface area contributed by atoms with Crippen molar-refractivity contribution in [3.05, 3.63) is 0 Å². The van der Waals surface area contributed by atoms with Gasteiger partial charge in [0.15, 0.2) is 0 Å². The van der Waals surface area contributed by atoms with E-state index in [1.807, 2.05) is 0 Å². The van der Waals surface area contributed by atoms with E-state index in [-0.39, 0.29) is 17.1 Å². The smallest absolute Gasteiger partial charge is 0.0594 e. The summed E-state index contributed by atoms with van der Waals surface area (Å²) in [6, 6.07) is 0. The van der Waals surface area contributed by atoms with Gasteiger partial charge in [-0.1, -0.05) is 41.0 Å². The van der Waals surface area contributed by atoms with Crippen LogP contribution in [0.1, 0.15) is 105 Å². The molecular formula is C26H45NO. The van der Waals surface area contributed by atoms with E-state index < -0.39 is 0 Å². The fourth-order valence-electron chi connectivity index (χ4n) is 10.6. The first-order valence-corrected chi connectivity index (χ1v) is 12.5. The number of nitrogens with two attached hydrogens (primary N) is 1. The Morgan fingerprint density at radius 2 is 1.43 bits per heavy atom.